The first-order valence-corrected chi connectivity index (χ1v) is 8.16. The summed E-state index contributed by atoms with van der Waals surface area (Å²) in [5, 5.41) is 17.0. The molecule has 1 aromatic rings. The molecule has 1 saturated heterocycles. The Balaban J connectivity index is 2.15. The fourth-order valence-corrected chi connectivity index (χ4v) is 3.62. The molecule has 1 aliphatic heterocycles. The number of carbonyl (C=O) groups is 1. The molecule has 1 amide bonds. The van der Waals surface area contributed by atoms with Gasteiger partial charge in [-0.1, -0.05) is 6.07 Å². The average molecular weight is 309 g/mol. The molecule has 6 nitrogen and oxygen atoms in total. The molecular weight excluding hydrogens is 290 g/mol. The number of hydrogen-bond acceptors (Lipinski definition) is 5. The van der Waals surface area contributed by atoms with E-state index in [1.54, 1.807) is 12.1 Å². The van der Waals surface area contributed by atoms with E-state index in [4.69, 9.17) is 0 Å². The summed E-state index contributed by atoms with van der Waals surface area (Å²) < 4.78 is 0. The minimum absolute atomic E-state index is 0.115. The molecule has 1 fully saturated rings. The van der Waals surface area contributed by atoms with Gasteiger partial charge in [-0.2, -0.15) is 11.8 Å². The maximum atomic E-state index is 12.2. The molecule has 114 valence electrons. The fraction of sp³-hybridized carbons (Fsp3) is 0.500. The van der Waals surface area contributed by atoms with Crippen molar-refractivity contribution in [3.8, 4) is 0 Å². The molecule has 1 aliphatic rings. The third kappa shape index (κ3) is 3.87. The molecule has 0 bridgehead atoms. The van der Waals surface area contributed by atoms with Crippen molar-refractivity contribution in [1.82, 2.24) is 5.32 Å². The number of carbonyl (C=O) groups excluding carboxylic acids is 1. The first-order chi connectivity index (χ1) is 10.1. The summed E-state index contributed by atoms with van der Waals surface area (Å²) >= 11 is 1.88. The Labute approximate surface area is 127 Å². The summed E-state index contributed by atoms with van der Waals surface area (Å²) in [6.07, 6.45) is 1.09. The van der Waals surface area contributed by atoms with Gasteiger partial charge in [-0.3, -0.25) is 14.9 Å². The second-order valence-corrected chi connectivity index (χ2v) is 6.08. The number of hydrogen-bond donors (Lipinski definition) is 2. The molecule has 21 heavy (non-hydrogen) atoms. The van der Waals surface area contributed by atoms with Gasteiger partial charge in [0.2, 0.25) is 0 Å². The second kappa shape index (κ2) is 7.31. The number of nitro groups is 1. The highest BCUT2D eigenvalue weighted by atomic mass is 32.2. The predicted octanol–water partition coefficient (Wildman–Crippen LogP) is 2.51. The van der Waals surface area contributed by atoms with Crippen molar-refractivity contribution < 1.29 is 9.72 Å². The van der Waals surface area contributed by atoms with Gasteiger partial charge in [0.05, 0.1) is 4.92 Å². The molecular formula is C14H19N3O3S. The number of benzene rings is 1. The van der Waals surface area contributed by atoms with Crippen LogP contribution < -0.4 is 10.6 Å². The van der Waals surface area contributed by atoms with Gasteiger partial charge in [-0.15, -0.1) is 0 Å². The van der Waals surface area contributed by atoms with E-state index < -0.39 is 4.92 Å². The van der Waals surface area contributed by atoms with Crippen molar-refractivity contribution in [3.05, 3.63) is 33.9 Å². The average Bonchev–Trinajstić information content (AvgIpc) is 2.98. The molecule has 2 rings (SSSR count). The van der Waals surface area contributed by atoms with E-state index in [0.717, 1.165) is 17.9 Å². The number of thioether (sulfide) groups is 1. The Bertz CT molecular complexity index is 530. The van der Waals surface area contributed by atoms with Crippen LogP contribution in [0, 0.1) is 16.0 Å². The normalized spacial score (nSPS) is 17.5. The lowest BCUT2D eigenvalue weighted by atomic mass is 10.1. The smallest absolute Gasteiger partial charge is 0.305 e. The van der Waals surface area contributed by atoms with Crippen LogP contribution in [-0.4, -0.2) is 35.4 Å². The highest BCUT2D eigenvalue weighted by Crippen LogP contribution is 2.29. The van der Waals surface area contributed by atoms with Crippen LogP contribution >= 0.6 is 11.8 Å². The zero-order valence-corrected chi connectivity index (χ0v) is 12.7. The minimum Gasteiger partial charge on any atom is -0.380 e. The van der Waals surface area contributed by atoms with E-state index >= 15 is 0 Å². The topological polar surface area (TPSA) is 84.3 Å². The SMILES string of the molecule is CCNc1cccc(C(=O)NCC2CCSC2)c1[N+](=O)[O-]. The summed E-state index contributed by atoms with van der Waals surface area (Å²) in [7, 11) is 0. The zero-order valence-electron chi connectivity index (χ0n) is 11.9. The van der Waals surface area contributed by atoms with E-state index in [9.17, 15) is 14.9 Å². The molecule has 0 aliphatic carbocycles. The number of nitro benzene ring substituents is 1. The van der Waals surface area contributed by atoms with Crippen molar-refractivity contribution in [1.29, 1.82) is 0 Å². The van der Waals surface area contributed by atoms with Crippen LogP contribution in [0.5, 0.6) is 0 Å². The van der Waals surface area contributed by atoms with Crippen molar-refractivity contribution in [2.45, 2.75) is 13.3 Å². The largest absolute Gasteiger partial charge is 0.380 e. The highest BCUT2D eigenvalue weighted by Gasteiger charge is 2.25. The monoisotopic (exact) mass is 309 g/mol. The second-order valence-electron chi connectivity index (χ2n) is 4.93. The third-order valence-electron chi connectivity index (χ3n) is 3.41. The standard InChI is InChI=1S/C14H19N3O3S/c1-2-15-12-5-3-4-11(13(12)17(19)20)14(18)16-8-10-6-7-21-9-10/h3-5,10,15H,2,6-9H2,1H3,(H,16,18). The van der Waals surface area contributed by atoms with Crippen LogP contribution in [0.4, 0.5) is 11.4 Å². The van der Waals surface area contributed by atoms with Gasteiger partial charge in [0.15, 0.2) is 0 Å². The Kier molecular flexibility index (Phi) is 5.44. The first-order valence-electron chi connectivity index (χ1n) is 7.00. The van der Waals surface area contributed by atoms with E-state index in [0.29, 0.717) is 24.7 Å². The van der Waals surface area contributed by atoms with Gasteiger partial charge in [0.25, 0.3) is 5.91 Å². The van der Waals surface area contributed by atoms with E-state index in [2.05, 4.69) is 10.6 Å². The van der Waals surface area contributed by atoms with Crippen molar-refractivity contribution in [2.75, 3.05) is 29.9 Å². The van der Waals surface area contributed by atoms with Crippen LogP contribution in [-0.2, 0) is 0 Å². The van der Waals surface area contributed by atoms with Crippen molar-refractivity contribution in [3.63, 3.8) is 0 Å². The Morgan fingerprint density at radius 2 is 2.33 bits per heavy atom. The van der Waals surface area contributed by atoms with Crippen molar-refractivity contribution in [2.24, 2.45) is 5.92 Å². The lowest BCUT2D eigenvalue weighted by Gasteiger charge is -2.12. The molecule has 1 heterocycles. The maximum absolute atomic E-state index is 12.2. The van der Waals surface area contributed by atoms with Crippen molar-refractivity contribution >= 4 is 29.0 Å². The Morgan fingerprint density at radius 1 is 1.52 bits per heavy atom. The van der Waals surface area contributed by atoms with Gasteiger partial charge >= 0.3 is 5.69 Å². The number of rotatable bonds is 6. The summed E-state index contributed by atoms with van der Waals surface area (Å²) in [5.41, 5.74) is 0.341. The molecule has 7 heteroatoms. The molecule has 1 aromatic carbocycles. The van der Waals surface area contributed by atoms with E-state index in [1.807, 2.05) is 18.7 Å². The Morgan fingerprint density at radius 3 is 2.95 bits per heavy atom. The van der Waals surface area contributed by atoms with Gasteiger partial charge in [0, 0.05) is 13.1 Å². The van der Waals surface area contributed by atoms with E-state index in [1.165, 1.54) is 6.07 Å². The third-order valence-corrected chi connectivity index (χ3v) is 4.64. The zero-order chi connectivity index (χ0) is 15.2. The molecule has 1 unspecified atom stereocenters. The quantitative estimate of drug-likeness (QED) is 0.623. The van der Waals surface area contributed by atoms with Gasteiger partial charge in [0.1, 0.15) is 11.3 Å². The lowest BCUT2D eigenvalue weighted by molar-refractivity contribution is -0.384. The predicted molar refractivity (Wildman–Crippen MR) is 85.0 cm³/mol. The number of para-hydroxylation sites is 1. The van der Waals surface area contributed by atoms with Gasteiger partial charge in [-0.25, -0.2) is 0 Å². The van der Waals surface area contributed by atoms with Gasteiger partial charge in [-0.05, 0) is 42.9 Å². The van der Waals surface area contributed by atoms with Crippen LogP contribution in [0.2, 0.25) is 0 Å². The molecule has 1 atom stereocenters. The molecule has 0 radical (unpaired) electrons. The molecule has 0 saturated carbocycles. The molecule has 0 spiro atoms. The molecule has 0 aromatic heterocycles. The van der Waals surface area contributed by atoms with Crippen LogP contribution in [0.25, 0.3) is 0 Å². The summed E-state index contributed by atoms with van der Waals surface area (Å²) in [5.74, 6) is 2.25. The minimum atomic E-state index is -0.502. The molecule has 2 N–H and O–H groups in total. The number of nitrogens with zero attached hydrogens (tertiary/aromatic N) is 1. The van der Waals surface area contributed by atoms with E-state index in [-0.39, 0.29) is 17.2 Å². The summed E-state index contributed by atoms with van der Waals surface area (Å²) in [6.45, 7) is 2.99. The fourth-order valence-electron chi connectivity index (χ4n) is 2.33. The first kappa shape index (κ1) is 15.6. The lowest BCUT2D eigenvalue weighted by Crippen LogP contribution is -2.29. The van der Waals surface area contributed by atoms with Crippen LogP contribution in [0.1, 0.15) is 23.7 Å². The summed E-state index contributed by atoms with van der Waals surface area (Å²) in [4.78, 5) is 23.0. The number of nitrogens with one attached hydrogen (secondary N) is 2. The highest BCUT2D eigenvalue weighted by molar-refractivity contribution is 7.99. The van der Waals surface area contributed by atoms with Crippen LogP contribution in [0.15, 0.2) is 18.2 Å². The summed E-state index contributed by atoms with van der Waals surface area (Å²) in [6, 6.07) is 4.77. The van der Waals surface area contributed by atoms with Crippen LogP contribution in [0.3, 0.4) is 0 Å². The number of amides is 1. The Hall–Kier alpha value is -1.76. The maximum Gasteiger partial charge on any atom is 0.305 e. The number of anilines is 1. The van der Waals surface area contributed by atoms with Gasteiger partial charge < -0.3 is 10.6 Å².